The number of thioether (sulfide) groups is 1. The van der Waals surface area contributed by atoms with Gasteiger partial charge in [-0.2, -0.15) is 0 Å². The molecule has 0 bridgehead atoms. The number of thiophene rings is 1. The minimum absolute atomic E-state index is 0.0680. The molecule has 1 fully saturated rings. The van der Waals surface area contributed by atoms with Gasteiger partial charge in [0, 0.05) is 27.5 Å². The lowest BCUT2D eigenvalue weighted by Crippen LogP contribution is -2.27. The zero-order valence-corrected chi connectivity index (χ0v) is 21.9. The van der Waals surface area contributed by atoms with Gasteiger partial charge in [0.05, 0.1) is 25.1 Å². The van der Waals surface area contributed by atoms with Gasteiger partial charge in [0.2, 0.25) is 5.91 Å². The summed E-state index contributed by atoms with van der Waals surface area (Å²) in [5.74, 6) is 0.577. The molecule has 6 nitrogen and oxygen atoms in total. The van der Waals surface area contributed by atoms with Crippen molar-refractivity contribution < 1.29 is 14.3 Å². The molecule has 0 radical (unpaired) electrons. The fraction of sp³-hybridized carbons (Fsp3) is 0.148. The van der Waals surface area contributed by atoms with E-state index in [0.29, 0.717) is 22.3 Å². The van der Waals surface area contributed by atoms with E-state index in [4.69, 9.17) is 17.0 Å². The average molecular weight is 534 g/mol. The van der Waals surface area contributed by atoms with E-state index in [1.54, 1.807) is 23.3 Å². The Morgan fingerprint density at radius 3 is 2.67 bits per heavy atom. The highest BCUT2D eigenvalue weighted by molar-refractivity contribution is 8.26. The molecule has 0 atom stereocenters. The molecular formula is C27H23N3O3S3. The number of fused-ring (bicyclic) bond motifs is 1. The molecule has 3 heterocycles. The Morgan fingerprint density at radius 2 is 1.92 bits per heavy atom. The van der Waals surface area contributed by atoms with Crippen molar-refractivity contribution in [3.8, 4) is 5.75 Å². The molecule has 182 valence electrons. The minimum atomic E-state index is -0.119. The van der Waals surface area contributed by atoms with Crippen LogP contribution < -0.4 is 10.1 Å². The molecule has 0 saturated carbocycles. The quantitative estimate of drug-likeness (QED) is 0.242. The van der Waals surface area contributed by atoms with Crippen LogP contribution in [0.25, 0.3) is 17.0 Å². The molecule has 9 heteroatoms. The van der Waals surface area contributed by atoms with Gasteiger partial charge >= 0.3 is 0 Å². The van der Waals surface area contributed by atoms with E-state index in [0.717, 1.165) is 32.7 Å². The smallest absolute Gasteiger partial charge is 0.266 e. The molecule has 0 unspecified atom stereocenters. The van der Waals surface area contributed by atoms with Gasteiger partial charge in [-0.25, -0.2) is 0 Å². The number of carbonyl (C=O) groups excluding carboxylic acids is 2. The first-order valence-electron chi connectivity index (χ1n) is 11.3. The summed E-state index contributed by atoms with van der Waals surface area (Å²) < 4.78 is 7.66. The highest BCUT2D eigenvalue weighted by atomic mass is 32.2. The van der Waals surface area contributed by atoms with Crippen molar-refractivity contribution >= 4 is 68.4 Å². The normalized spacial score (nSPS) is 14.7. The molecular weight excluding hydrogens is 511 g/mol. The summed E-state index contributed by atoms with van der Waals surface area (Å²) in [6.45, 7) is 1.11. The summed E-state index contributed by atoms with van der Waals surface area (Å²) in [6, 6.07) is 19.4. The van der Waals surface area contributed by atoms with Crippen molar-refractivity contribution in [3.63, 3.8) is 0 Å². The van der Waals surface area contributed by atoms with Crippen molar-refractivity contribution in [2.45, 2.75) is 19.6 Å². The summed E-state index contributed by atoms with van der Waals surface area (Å²) in [4.78, 5) is 29.1. The maximum atomic E-state index is 13.2. The van der Waals surface area contributed by atoms with Crippen LogP contribution in [-0.4, -0.2) is 32.7 Å². The van der Waals surface area contributed by atoms with E-state index in [1.165, 1.54) is 11.8 Å². The van der Waals surface area contributed by atoms with Crippen LogP contribution in [0.2, 0.25) is 0 Å². The maximum absolute atomic E-state index is 13.2. The number of thiocarbonyl (C=S) groups is 1. The maximum Gasteiger partial charge on any atom is 0.266 e. The van der Waals surface area contributed by atoms with Gasteiger partial charge in [-0.15, -0.1) is 11.3 Å². The molecule has 1 aliphatic heterocycles. The third-order valence-electron chi connectivity index (χ3n) is 5.83. The van der Waals surface area contributed by atoms with Gasteiger partial charge in [0.25, 0.3) is 5.91 Å². The van der Waals surface area contributed by atoms with Gasteiger partial charge in [0.1, 0.15) is 16.6 Å². The van der Waals surface area contributed by atoms with Crippen LogP contribution in [0.4, 0.5) is 0 Å². The molecule has 0 spiro atoms. The number of nitrogens with zero attached hydrogens (tertiary/aromatic N) is 2. The number of hydrogen-bond donors (Lipinski definition) is 1. The lowest BCUT2D eigenvalue weighted by Gasteiger charge is -2.14. The number of carbonyl (C=O) groups is 2. The van der Waals surface area contributed by atoms with Crippen molar-refractivity contribution in [1.29, 1.82) is 0 Å². The largest absolute Gasteiger partial charge is 0.497 e. The number of benzene rings is 2. The molecule has 2 aromatic carbocycles. The Bertz CT molecular complexity index is 1460. The first kappa shape index (κ1) is 24.3. The van der Waals surface area contributed by atoms with Crippen LogP contribution in [0.1, 0.15) is 16.0 Å². The number of amides is 2. The van der Waals surface area contributed by atoms with Crippen molar-refractivity contribution in [2.24, 2.45) is 0 Å². The Labute approximate surface area is 222 Å². The second kappa shape index (κ2) is 10.7. The molecule has 4 aromatic rings. The van der Waals surface area contributed by atoms with Gasteiger partial charge in [-0.3, -0.25) is 14.5 Å². The van der Waals surface area contributed by atoms with E-state index < -0.39 is 0 Å². The van der Waals surface area contributed by atoms with Gasteiger partial charge in [-0.05, 0) is 41.3 Å². The van der Waals surface area contributed by atoms with Crippen molar-refractivity contribution in [3.05, 3.63) is 93.1 Å². The average Bonchev–Trinajstić information content (AvgIpc) is 3.60. The Balaban J connectivity index is 1.35. The van der Waals surface area contributed by atoms with Gasteiger partial charge in [0.15, 0.2) is 0 Å². The van der Waals surface area contributed by atoms with Crippen LogP contribution in [0.15, 0.2) is 77.1 Å². The highest BCUT2D eigenvalue weighted by Crippen LogP contribution is 2.35. The van der Waals surface area contributed by atoms with Crippen LogP contribution in [-0.2, 0) is 29.2 Å². The van der Waals surface area contributed by atoms with E-state index >= 15 is 0 Å². The van der Waals surface area contributed by atoms with E-state index in [-0.39, 0.29) is 18.4 Å². The number of ether oxygens (including phenoxy) is 1. The topological polar surface area (TPSA) is 63.6 Å². The first-order chi connectivity index (χ1) is 17.5. The molecule has 2 amide bonds. The van der Waals surface area contributed by atoms with Crippen LogP contribution >= 0.6 is 35.3 Å². The lowest BCUT2D eigenvalue weighted by molar-refractivity contribution is -0.123. The van der Waals surface area contributed by atoms with Crippen LogP contribution in [0, 0.1) is 0 Å². The summed E-state index contributed by atoms with van der Waals surface area (Å²) in [5, 5.41) is 5.94. The summed E-state index contributed by atoms with van der Waals surface area (Å²) in [7, 11) is 1.62. The molecule has 1 N–H and O–H groups in total. The second-order valence-electron chi connectivity index (χ2n) is 8.20. The van der Waals surface area contributed by atoms with Gasteiger partial charge in [-0.1, -0.05) is 60.4 Å². The predicted molar refractivity (Wildman–Crippen MR) is 150 cm³/mol. The SMILES string of the molecule is COc1ccc(CN2C(=O)/C(=C/c3cn(CC(=O)NCc4cccs4)c4ccccc34)SC2=S)cc1. The molecule has 0 aliphatic carbocycles. The fourth-order valence-electron chi connectivity index (χ4n) is 4.02. The highest BCUT2D eigenvalue weighted by Gasteiger charge is 2.32. The Kier molecular flexibility index (Phi) is 7.22. The Hall–Kier alpha value is -3.40. The monoisotopic (exact) mass is 533 g/mol. The van der Waals surface area contributed by atoms with E-state index in [1.807, 2.05) is 82.9 Å². The minimum Gasteiger partial charge on any atom is -0.497 e. The fourth-order valence-corrected chi connectivity index (χ4v) is 5.91. The molecule has 5 rings (SSSR count). The van der Waals surface area contributed by atoms with Crippen LogP contribution in [0.5, 0.6) is 5.75 Å². The third kappa shape index (κ3) is 5.23. The van der Waals surface area contributed by atoms with Crippen molar-refractivity contribution in [1.82, 2.24) is 14.8 Å². The predicted octanol–water partition coefficient (Wildman–Crippen LogP) is 5.43. The number of rotatable bonds is 8. The standard InChI is InChI=1S/C27H23N3O3S3/c1-33-20-10-8-18(9-11-20)15-30-26(32)24(36-27(30)34)13-19-16-29(23-7-3-2-6-22(19)23)17-25(31)28-14-21-5-4-12-35-21/h2-13,16H,14-15,17H2,1H3,(H,28,31)/b24-13-. The number of aromatic nitrogens is 1. The lowest BCUT2D eigenvalue weighted by atomic mass is 10.1. The third-order valence-corrected chi connectivity index (χ3v) is 8.09. The molecule has 1 saturated heterocycles. The molecule has 1 aliphatic rings. The zero-order chi connectivity index (χ0) is 25.1. The zero-order valence-electron chi connectivity index (χ0n) is 19.5. The number of methoxy groups -OCH3 is 1. The number of nitrogens with one attached hydrogen (secondary N) is 1. The molecule has 2 aromatic heterocycles. The van der Waals surface area contributed by atoms with Crippen LogP contribution in [0.3, 0.4) is 0 Å². The summed E-state index contributed by atoms with van der Waals surface area (Å²) >= 11 is 8.44. The van der Waals surface area contributed by atoms with Crippen molar-refractivity contribution in [2.75, 3.05) is 7.11 Å². The van der Waals surface area contributed by atoms with E-state index in [9.17, 15) is 9.59 Å². The summed E-state index contributed by atoms with van der Waals surface area (Å²) in [6.07, 6.45) is 3.79. The number of hydrogen-bond acceptors (Lipinski definition) is 6. The summed E-state index contributed by atoms with van der Waals surface area (Å²) in [5.41, 5.74) is 2.78. The van der Waals surface area contributed by atoms with Gasteiger partial charge < -0.3 is 14.6 Å². The number of para-hydroxylation sites is 1. The van der Waals surface area contributed by atoms with E-state index in [2.05, 4.69) is 5.32 Å². The second-order valence-corrected chi connectivity index (χ2v) is 10.9. The molecule has 36 heavy (non-hydrogen) atoms. The Morgan fingerprint density at radius 1 is 1.11 bits per heavy atom. The first-order valence-corrected chi connectivity index (χ1v) is 13.4.